The lowest BCUT2D eigenvalue weighted by atomic mass is 9.92. The standard InChI is InChI=1S/C18H17BrO2/c1-10-6-11(2)16(12(3)7-10)17(20)15-9-14(19)8-13-4-5-21-18(13)15/h6-9H,4-5H2,1-3H3. The molecule has 0 aliphatic carbocycles. The van der Waals surface area contributed by atoms with E-state index in [-0.39, 0.29) is 5.78 Å². The number of fused-ring (bicyclic) bond motifs is 1. The molecule has 2 aromatic carbocycles. The van der Waals surface area contributed by atoms with Crippen molar-refractivity contribution in [2.45, 2.75) is 27.2 Å². The van der Waals surface area contributed by atoms with E-state index < -0.39 is 0 Å². The molecule has 0 unspecified atom stereocenters. The maximum absolute atomic E-state index is 13.0. The van der Waals surface area contributed by atoms with Crippen LogP contribution in [0.15, 0.2) is 28.7 Å². The minimum absolute atomic E-state index is 0.0458. The van der Waals surface area contributed by atoms with Crippen LogP contribution in [0.2, 0.25) is 0 Å². The molecule has 0 N–H and O–H groups in total. The molecule has 3 heteroatoms. The molecule has 0 aromatic heterocycles. The third-order valence-electron chi connectivity index (χ3n) is 3.90. The first kappa shape index (κ1) is 14.3. The lowest BCUT2D eigenvalue weighted by molar-refractivity contribution is 0.103. The largest absolute Gasteiger partial charge is 0.492 e. The normalized spacial score (nSPS) is 13.0. The second-order valence-corrected chi connectivity index (χ2v) is 6.56. The maximum atomic E-state index is 13.0. The lowest BCUT2D eigenvalue weighted by Gasteiger charge is -2.13. The fraction of sp³-hybridized carbons (Fsp3) is 0.278. The molecule has 0 amide bonds. The summed E-state index contributed by atoms with van der Waals surface area (Å²) in [5, 5.41) is 0. The molecule has 0 saturated heterocycles. The highest BCUT2D eigenvalue weighted by Crippen LogP contribution is 2.35. The van der Waals surface area contributed by atoms with Gasteiger partial charge in [-0.25, -0.2) is 0 Å². The van der Waals surface area contributed by atoms with E-state index >= 15 is 0 Å². The molecule has 0 spiro atoms. The Kier molecular flexibility index (Phi) is 3.62. The summed E-state index contributed by atoms with van der Waals surface area (Å²) >= 11 is 3.50. The van der Waals surface area contributed by atoms with Crippen LogP contribution in [0.5, 0.6) is 5.75 Å². The zero-order chi connectivity index (χ0) is 15.1. The second kappa shape index (κ2) is 5.30. The Morgan fingerprint density at radius 1 is 1.10 bits per heavy atom. The molecular formula is C18H17BrO2. The number of rotatable bonds is 2. The Balaban J connectivity index is 2.17. The fourth-order valence-corrected chi connectivity index (χ4v) is 3.62. The monoisotopic (exact) mass is 344 g/mol. The number of ether oxygens (including phenoxy) is 1. The quantitative estimate of drug-likeness (QED) is 0.747. The van der Waals surface area contributed by atoms with Crippen molar-refractivity contribution in [2.24, 2.45) is 0 Å². The van der Waals surface area contributed by atoms with Crippen LogP contribution < -0.4 is 4.74 Å². The van der Waals surface area contributed by atoms with Crippen LogP contribution in [0.25, 0.3) is 0 Å². The van der Waals surface area contributed by atoms with E-state index in [1.165, 1.54) is 5.56 Å². The molecule has 0 atom stereocenters. The van der Waals surface area contributed by atoms with Crippen LogP contribution in [0.4, 0.5) is 0 Å². The van der Waals surface area contributed by atoms with Crippen LogP contribution >= 0.6 is 15.9 Å². The van der Waals surface area contributed by atoms with E-state index in [0.717, 1.165) is 38.9 Å². The summed E-state index contributed by atoms with van der Waals surface area (Å²) in [5.41, 5.74) is 5.77. The highest BCUT2D eigenvalue weighted by Gasteiger charge is 2.24. The van der Waals surface area contributed by atoms with Gasteiger partial charge in [0.1, 0.15) is 5.75 Å². The number of carbonyl (C=O) groups excluding carboxylic acids is 1. The van der Waals surface area contributed by atoms with Gasteiger partial charge in [-0.15, -0.1) is 0 Å². The molecule has 1 aliphatic rings. The molecule has 2 nitrogen and oxygen atoms in total. The van der Waals surface area contributed by atoms with Crippen molar-refractivity contribution in [3.05, 3.63) is 62.1 Å². The van der Waals surface area contributed by atoms with Crippen LogP contribution in [-0.4, -0.2) is 12.4 Å². The van der Waals surface area contributed by atoms with Crippen LogP contribution in [0.3, 0.4) is 0 Å². The summed E-state index contributed by atoms with van der Waals surface area (Å²) in [6, 6.07) is 8.01. The summed E-state index contributed by atoms with van der Waals surface area (Å²) in [4.78, 5) is 13.0. The van der Waals surface area contributed by atoms with Gasteiger partial charge in [0.2, 0.25) is 0 Å². The molecule has 0 saturated carbocycles. The van der Waals surface area contributed by atoms with Gasteiger partial charge >= 0.3 is 0 Å². The van der Waals surface area contributed by atoms with Gasteiger partial charge in [-0.05, 0) is 49.6 Å². The summed E-state index contributed by atoms with van der Waals surface area (Å²) < 4.78 is 6.62. The predicted octanol–water partition coefficient (Wildman–Crippen LogP) is 4.54. The van der Waals surface area contributed by atoms with Gasteiger partial charge in [0, 0.05) is 16.5 Å². The first-order valence-electron chi connectivity index (χ1n) is 7.05. The number of aryl methyl sites for hydroxylation is 3. The van der Waals surface area contributed by atoms with E-state index in [4.69, 9.17) is 4.74 Å². The molecule has 2 aromatic rings. The SMILES string of the molecule is Cc1cc(C)c(C(=O)c2cc(Br)cc3c2OCC3)c(C)c1. The molecule has 1 aliphatic heterocycles. The van der Waals surface area contributed by atoms with Gasteiger partial charge in [-0.2, -0.15) is 0 Å². The molecular weight excluding hydrogens is 328 g/mol. The average molecular weight is 345 g/mol. The lowest BCUT2D eigenvalue weighted by Crippen LogP contribution is -2.08. The Morgan fingerprint density at radius 3 is 2.43 bits per heavy atom. The summed E-state index contributed by atoms with van der Waals surface area (Å²) in [6.45, 7) is 6.69. The van der Waals surface area contributed by atoms with E-state index in [1.807, 2.05) is 32.9 Å². The van der Waals surface area contributed by atoms with Crippen molar-refractivity contribution in [3.63, 3.8) is 0 Å². The highest BCUT2D eigenvalue weighted by atomic mass is 79.9. The first-order chi connectivity index (χ1) is 9.97. The Morgan fingerprint density at radius 2 is 1.76 bits per heavy atom. The van der Waals surface area contributed by atoms with Gasteiger partial charge in [0.05, 0.1) is 12.2 Å². The number of ketones is 1. The number of halogens is 1. The third-order valence-corrected chi connectivity index (χ3v) is 4.35. The van der Waals surface area contributed by atoms with Crippen LogP contribution in [0.1, 0.15) is 38.2 Å². The molecule has 1 heterocycles. The Labute approximate surface area is 133 Å². The fourth-order valence-electron chi connectivity index (χ4n) is 3.11. The summed E-state index contributed by atoms with van der Waals surface area (Å²) in [5.74, 6) is 0.798. The molecule has 0 radical (unpaired) electrons. The van der Waals surface area contributed by atoms with Crippen molar-refractivity contribution >= 4 is 21.7 Å². The average Bonchev–Trinajstić information content (AvgIpc) is 2.84. The Hall–Kier alpha value is -1.61. The smallest absolute Gasteiger partial charge is 0.197 e. The molecule has 21 heavy (non-hydrogen) atoms. The molecule has 0 bridgehead atoms. The van der Waals surface area contributed by atoms with Gasteiger partial charge in [0.15, 0.2) is 5.78 Å². The zero-order valence-corrected chi connectivity index (χ0v) is 14.0. The molecule has 3 rings (SSSR count). The van der Waals surface area contributed by atoms with Gasteiger partial charge < -0.3 is 4.74 Å². The summed E-state index contributed by atoms with van der Waals surface area (Å²) in [7, 11) is 0. The number of hydrogen-bond acceptors (Lipinski definition) is 2. The van der Waals surface area contributed by atoms with Gasteiger partial charge in [0.25, 0.3) is 0 Å². The van der Waals surface area contributed by atoms with E-state index in [9.17, 15) is 4.79 Å². The number of hydrogen-bond donors (Lipinski definition) is 0. The Bertz CT molecular complexity index is 724. The topological polar surface area (TPSA) is 26.3 Å². The van der Waals surface area contributed by atoms with E-state index in [0.29, 0.717) is 12.2 Å². The minimum Gasteiger partial charge on any atom is -0.492 e. The maximum Gasteiger partial charge on any atom is 0.197 e. The van der Waals surface area contributed by atoms with Crippen molar-refractivity contribution in [1.29, 1.82) is 0 Å². The second-order valence-electron chi connectivity index (χ2n) is 5.64. The van der Waals surface area contributed by atoms with Crippen LogP contribution in [-0.2, 0) is 6.42 Å². The van der Waals surface area contributed by atoms with Crippen molar-refractivity contribution in [3.8, 4) is 5.75 Å². The summed E-state index contributed by atoms with van der Waals surface area (Å²) in [6.07, 6.45) is 0.862. The van der Waals surface area contributed by atoms with E-state index in [2.05, 4.69) is 28.1 Å². The highest BCUT2D eigenvalue weighted by molar-refractivity contribution is 9.10. The van der Waals surface area contributed by atoms with Gasteiger partial charge in [-0.3, -0.25) is 4.79 Å². The third kappa shape index (κ3) is 2.51. The first-order valence-corrected chi connectivity index (χ1v) is 7.84. The molecule has 0 fully saturated rings. The van der Waals surface area contributed by atoms with Crippen molar-refractivity contribution < 1.29 is 9.53 Å². The van der Waals surface area contributed by atoms with Crippen molar-refractivity contribution in [1.82, 2.24) is 0 Å². The number of carbonyl (C=O) groups is 1. The minimum atomic E-state index is 0.0458. The van der Waals surface area contributed by atoms with Crippen LogP contribution in [0, 0.1) is 20.8 Å². The zero-order valence-electron chi connectivity index (χ0n) is 12.4. The van der Waals surface area contributed by atoms with Gasteiger partial charge in [-0.1, -0.05) is 33.6 Å². The van der Waals surface area contributed by atoms with Crippen molar-refractivity contribution in [2.75, 3.05) is 6.61 Å². The van der Waals surface area contributed by atoms with E-state index in [1.54, 1.807) is 0 Å². The molecule has 108 valence electrons. The number of benzene rings is 2. The predicted molar refractivity (Wildman–Crippen MR) is 87.4 cm³/mol.